The normalized spacial score (nSPS) is 21.2. The number of amides is 3. The second-order valence-corrected chi connectivity index (χ2v) is 18.4. The summed E-state index contributed by atoms with van der Waals surface area (Å²) in [4.78, 5) is 64.6. The van der Waals surface area contributed by atoms with E-state index in [9.17, 15) is 28.0 Å². The monoisotopic (exact) mass is 881 g/mol. The summed E-state index contributed by atoms with van der Waals surface area (Å²) in [5.74, 6) is 1.34. The first-order chi connectivity index (χ1) is 31.0. The number of oxazole rings is 1. The predicted octanol–water partition coefficient (Wildman–Crippen LogP) is 6.54. The SMILES string of the molecule is CN(CCC1CCN(Cc2cccc3c2n(C)c(=O)n3C2CCC(=O)NC2=O)CC1)CC1CCC(n2cc(NC(=O)c3coc(-c4ccnc(NCC5CC5)c4)n3)c(C(F)F)n2)CC1. The molecule has 340 valence electrons. The molecule has 1 unspecified atom stereocenters. The van der Waals surface area contributed by atoms with Crippen LogP contribution in [0, 0.1) is 17.8 Å². The van der Waals surface area contributed by atoms with Crippen LogP contribution in [-0.2, 0) is 23.2 Å². The number of hydrogen-bond donors (Lipinski definition) is 3. The Balaban J connectivity index is 0.721. The van der Waals surface area contributed by atoms with Gasteiger partial charge in [0, 0.05) is 51.1 Å². The Morgan fingerprint density at radius 2 is 1.78 bits per heavy atom. The summed E-state index contributed by atoms with van der Waals surface area (Å²) >= 11 is 0. The molecular formula is C46H57F2N11O5. The zero-order valence-electron chi connectivity index (χ0n) is 36.5. The van der Waals surface area contributed by atoms with E-state index in [4.69, 9.17) is 4.42 Å². The average molecular weight is 882 g/mol. The number of carbonyl (C=O) groups excluding carboxylic acids is 3. The molecule has 1 atom stereocenters. The quantitative estimate of drug-likeness (QED) is 0.0918. The molecule has 3 amide bonds. The number of anilines is 2. The number of likely N-dealkylation sites (tertiary alicyclic amines) is 1. The summed E-state index contributed by atoms with van der Waals surface area (Å²) in [6.45, 7) is 5.49. The Kier molecular flexibility index (Phi) is 12.8. The van der Waals surface area contributed by atoms with E-state index >= 15 is 0 Å². The predicted molar refractivity (Wildman–Crippen MR) is 236 cm³/mol. The summed E-state index contributed by atoms with van der Waals surface area (Å²) in [7, 11) is 3.93. The topological polar surface area (TPSA) is 177 Å². The maximum Gasteiger partial charge on any atom is 0.329 e. The van der Waals surface area contributed by atoms with Crippen molar-refractivity contribution in [1.29, 1.82) is 0 Å². The van der Waals surface area contributed by atoms with E-state index in [1.54, 1.807) is 39.2 Å². The number of piperidine rings is 2. The fourth-order valence-electron chi connectivity index (χ4n) is 9.86. The van der Waals surface area contributed by atoms with Crippen LogP contribution >= 0.6 is 0 Å². The third-order valence-electron chi connectivity index (χ3n) is 13.7. The number of aromatic nitrogens is 6. The van der Waals surface area contributed by atoms with Crippen LogP contribution in [0.2, 0.25) is 0 Å². The summed E-state index contributed by atoms with van der Waals surface area (Å²) in [5, 5.41) is 12.6. The number of alkyl halides is 2. The molecule has 9 rings (SSSR count). The largest absolute Gasteiger partial charge is 0.444 e. The maximum absolute atomic E-state index is 14.2. The molecule has 6 heterocycles. The fraction of sp³-hybridized carbons (Fsp3) is 0.543. The number of fused-ring (bicyclic) bond motifs is 1. The molecule has 2 aliphatic carbocycles. The lowest BCUT2D eigenvalue weighted by Gasteiger charge is -2.34. The van der Waals surface area contributed by atoms with Gasteiger partial charge < -0.3 is 20.0 Å². The third kappa shape index (κ3) is 9.67. The lowest BCUT2D eigenvalue weighted by Crippen LogP contribution is -2.44. The van der Waals surface area contributed by atoms with Crippen molar-refractivity contribution in [2.75, 3.05) is 50.4 Å². The van der Waals surface area contributed by atoms with E-state index in [2.05, 4.69) is 53.9 Å². The first-order valence-corrected chi connectivity index (χ1v) is 22.7. The van der Waals surface area contributed by atoms with Crippen LogP contribution in [0.3, 0.4) is 0 Å². The second-order valence-electron chi connectivity index (χ2n) is 18.4. The number of hydrogen-bond acceptors (Lipinski definition) is 11. The number of imide groups is 1. The number of benzene rings is 1. The molecule has 0 spiro atoms. The van der Waals surface area contributed by atoms with Crippen molar-refractivity contribution < 1.29 is 27.6 Å². The molecule has 4 aromatic heterocycles. The van der Waals surface area contributed by atoms with Gasteiger partial charge in [-0.2, -0.15) is 5.10 Å². The Labute approximate surface area is 369 Å². The molecule has 0 radical (unpaired) electrons. The summed E-state index contributed by atoms with van der Waals surface area (Å²) < 4.78 is 38.8. The number of rotatable bonds is 16. The van der Waals surface area contributed by atoms with Gasteiger partial charge in [-0.3, -0.25) is 38.4 Å². The molecule has 1 aromatic carbocycles. The number of aryl methyl sites for hydroxylation is 1. The molecule has 16 nitrogen and oxygen atoms in total. The average Bonchev–Trinajstić information content (AvgIpc) is 3.69. The maximum atomic E-state index is 14.2. The van der Waals surface area contributed by atoms with Crippen molar-refractivity contribution >= 4 is 40.3 Å². The highest BCUT2D eigenvalue weighted by molar-refractivity contribution is 6.03. The lowest BCUT2D eigenvalue weighted by molar-refractivity contribution is -0.135. The molecule has 2 aliphatic heterocycles. The minimum absolute atomic E-state index is 0.0242. The summed E-state index contributed by atoms with van der Waals surface area (Å²) in [6.07, 6.45) is 11.3. The summed E-state index contributed by atoms with van der Waals surface area (Å²) in [5.41, 5.74) is 2.48. The van der Waals surface area contributed by atoms with Gasteiger partial charge in [0.15, 0.2) is 11.4 Å². The molecule has 5 aromatic rings. The van der Waals surface area contributed by atoms with Gasteiger partial charge in [0.2, 0.25) is 17.7 Å². The molecule has 2 saturated heterocycles. The summed E-state index contributed by atoms with van der Waals surface area (Å²) in [6, 6.07) is 8.68. The van der Waals surface area contributed by atoms with E-state index in [0.717, 1.165) is 94.3 Å². The van der Waals surface area contributed by atoms with Gasteiger partial charge in [-0.15, -0.1) is 0 Å². The number of nitrogens with zero attached hydrogens (tertiary/aromatic N) is 8. The molecule has 64 heavy (non-hydrogen) atoms. The van der Waals surface area contributed by atoms with Crippen LogP contribution in [0.15, 0.2) is 58.2 Å². The van der Waals surface area contributed by atoms with Crippen molar-refractivity contribution in [2.24, 2.45) is 24.8 Å². The van der Waals surface area contributed by atoms with Gasteiger partial charge in [0.25, 0.3) is 12.3 Å². The second kappa shape index (κ2) is 18.8. The molecule has 4 aliphatic rings. The minimum Gasteiger partial charge on any atom is -0.444 e. The van der Waals surface area contributed by atoms with Gasteiger partial charge in [-0.1, -0.05) is 12.1 Å². The Morgan fingerprint density at radius 1 is 1.00 bits per heavy atom. The Bertz CT molecular complexity index is 2540. The van der Waals surface area contributed by atoms with Crippen molar-refractivity contribution in [1.82, 2.24) is 44.0 Å². The zero-order valence-corrected chi connectivity index (χ0v) is 36.5. The van der Waals surface area contributed by atoms with E-state index in [1.165, 1.54) is 25.3 Å². The van der Waals surface area contributed by atoms with Gasteiger partial charge in [0.1, 0.15) is 18.1 Å². The minimum atomic E-state index is -2.86. The van der Waals surface area contributed by atoms with Crippen LogP contribution in [0.25, 0.3) is 22.5 Å². The van der Waals surface area contributed by atoms with Crippen molar-refractivity contribution in [3.8, 4) is 11.5 Å². The van der Waals surface area contributed by atoms with Crippen molar-refractivity contribution in [3.63, 3.8) is 0 Å². The van der Waals surface area contributed by atoms with Gasteiger partial charge in [-0.05, 0) is 132 Å². The van der Waals surface area contributed by atoms with Crippen LogP contribution in [0.5, 0.6) is 0 Å². The smallest absolute Gasteiger partial charge is 0.329 e. The lowest BCUT2D eigenvalue weighted by atomic mass is 9.85. The molecule has 0 bridgehead atoms. The van der Waals surface area contributed by atoms with Crippen LogP contribution in [-0.4, -0.2) is 96.2 Å². The zero-order chi connectivity index (χ0) is 44.5. The van der Waals surface area contributed by atoms with E-state index in [1.807, 2.05) is 12.1 Å². The molecule has 2 saturated carbocycles. The van der Waals surface area contributed by atoms with Gasteiger partial charge in [-0.25, -0.2) is 23.5 Å². The number of halogens is 2. The van der Waals surface area contributed by atoms with Crippen molar-refractivity contribution in [3.05, 3.63) is 76.4 Å². The molecule has 3 N–H and O–H groups in total. The van der Waals surface area contributed by atoms with E-state index < -0.39 is 30.0 Å². The highest BCUT2D eigenvalue weighted by Crippen LogP contribution is 2.36. The number of carbonyl (C=O) groups is 3. The number of nitrogens with one attached hydrogen (secondary N) is 3. The Hall–Kier alpha value is -5.75. The molecule has 4 fully saturated rings. The van der Waals surface area contributed by atoms with Crippen LogP contribution in [0.1, 0.15) is 111 Å². The van der Waals surface area contributed by atoms with Crippen LogP contribution < -0.4 is 21.6 Å². The van der Waals surface area contributed by atoms with Crippen molar-refractivity contribution in [2.45, 2.75) is 95.7 Å². The third-order valence-corrected chi connectivity index (χ3v) is 13.7. The van der Waals surface area contributed by atoms with E-state index in [-0.39, 0.29) is 41.3 Å². The highest BCUT2D eigenvalue weighted by Gasteiger charge is 2.33. The fourth-order valence-corrected chi connectivity index (χ4v) is 9.86. The molecular weight excluding hydrogens is 825 g/mol. The number of imidazole rings is 1. The number of pyridine rings is 1. The standard InChI is InChI=1S/C46H57F2N11O5/c1-55(19-15-28-16-20-57(21-17-28)25-32-4-3-5-36-41(32)56(2)46(63)59(36)37-12-13-39(60)53-44(37)62)24-30-8-10-33(11-9-30)58-26-34(40(54-58)42(47)48)51-43(61)35-27-64-45(52-35)31-14-18-49-38(22-31)50-23-29-6-7-29/h3-5,14,18,22,26-30,33,37,42H,6-13,15-17,19-21,23-25H2,1-2H3,(H,49,50)(H,51,61)(H,53,60,62). The Morgan fingerprint density at radius 3 is 2.53 bits per heavy atom. The van der Waals surface area contributed by atoms with Gasteiger partial charge in [0.05, 0.1) is 22.8 Å². The van der Waals surface area contributed by atoms with Gasteiger partial charge >= 0.3 is 5.69 Å². The first kappa shape index (κ1) is 43.5. The molecule has 18 heteroatoms. The number of para-hydroxylation sites is 1. The van der Waals surface area contributed by atoms with E-state index in [0.29, 0.717) is 42.1 Å². The van der Waals surface area contributed by atoms with Crippen LogP contribution in [0.4, 0.5) is 20.3 Å². The highest BCUT2D eigenvalue weighted by atomic mass is 19.3. The first-order valence-electron chi connectivity index (χ1n) is 22.7.